The summed E-state index contributed by atoms with van der Waals surface area (Å²) in [5, 5.41) is 13.1. The van der Waals surface area contributed by atoms with E-state index in [0.717, 1.165) is 27.8 Å². The molecular weight excluding hydrogens is 326 g/mol. The molecule has 0 unspecified atom stereocenters. The van der Waals surface area contributed by atoms with Crippen LogP contribution in [-0.4, -0.2) is 34.7 Å². The summed E-state index contributed by atoms with van der Waals surface area (Å²) < 4.78 is 1.01. The molecule has 0 radical (unpaired) electrons. The molecule has 1 saturated heterocycles. The lowest BCUT2D eigenvalue weighted by Crippen LogP contribution is -2.43. The summed E-state index contributed by atoms with van der Waals surface area (Å²) >= 11 is 5.18. The number of nitrogens with one attached hydrogen (secondary N) is 1. The molecule has 1 aromatic carbocycles. The Morgan fingerprint density at radius 2 is 2.21 bits per heavy atom. The van der Waals surface area contributed by atoms with Crippen LogP contribution in [0.3, 0.4) is 0 Å². The lowest BCUT2D eigenvalue weighted by molar-refractivity contribution is 0.0612. The van der Waals surface area contributed by atoms with Gasteiger partial charge in [-0.2, -0.15) is 11.8 Å². The van der Waals surface area contributed by atoms with Crippen molar-refractivity contribution in [1.82, 2.24) is 5.32 Å². The Kier molecular flexibility index (Phi) is 4.58. The molecule has 104 valence electrons. The molecule has 0 saturated carbocycles. The average molecular weight is 344 g/mol. The van der Waals surface area contributed by atoms with Crippen molar-refractivity contribution in [2.45, 2.75) is 25.9 Å². The number of amides is 1. The molecule has 1 heterocycles. The number of aryl methyl sites for hydroxylation is 2. The quantitative estimate of drug-likeness (QED) is 0.886. The van der Waals surface area contributed by atoms with Crippen LogP contribution in [0.1, 0.15) is 27.9 Å². The minimum absolute atomic E-state index is 0.113. The van der Waals surface area contributed by atoms with Gasteiger partial charge in [-0.25, -0.2) is 0 Å². The van der Waals surface area contributed by atoms with Gasteiger partial charge in [0.2, 0.25) is 0 Å². The van der Waals surface area contributed by atoms with Crippen molar-refractivity contribution in [2.24, 2.45) is 0 Å². The summed E-state index contributed by atoms with van der Waals surface area (Å²) in [5.41, 5.74) is 1.90. The summed E-state index contributed by atoms with van der Waals surface area (Å²) in [6.45, 7) is 4.20. The lowest BCUT2D eigenvalue weighted by Gasteiger charge is -2.22. The van der Waals surface area contributed by atoms with Crippen LogP contribution < -0.4 is 5.32 Å². The van der Waals surface area contributed by atoms with Crippen LogP contribution in [0.25, 0.3) is 0 Å². The molecule has 1 aliphatic heterocycles. The van der Waals surface area contributed by atoms with E-state index in [1.54, 1.807) is 11.8 Å². The zero-order valence-electron chi connectivity index (χ0n) is 11.1. The van der Waals surface area contributed by atoms with Gasteiger partial charge in [0, 0.05) is 22.3 Å². The van der Waals surface area contributed by atoms with Gasteiger partial charge in [0.05, 0.1) is 5.60 Å². The Hall–Kier alpha value is -0.520. The highest BCUT2D eigenvalue weighted by molar-refractivity contribution is 9.10. The number of halogens is 1. The molecule has 0 aliphatic carbocycles. The number of carbonyl (C=O) groups is 1. The van der Waals surface area contributed by atoms with E-state index in [4.69, 9.17) is 0 Å². The summed E-state index contributed by atoms with van der Waals surface area (Å²) in [6, 6.07) is 3.83. The maximum atomic E-state index is 12.2. The van der Waals surface area contributed by atoms with Crippen LogP contribution in [0.15, 0.2) is 16.6 Å². The van der Waals surface area contributed by atoms with Crippen LogP contribution in [0.5, 0.6) is 0 Å². The Balaban J connectivity index is 2.06. The fourth-order valence-electron chi connectivity index (χ4n) is 2.10. The Morgan fingerprint density at radius 3 is 2.84 bits per heavy atom. The third-order valence-corrected chi connectivity index (χ3v) is 5.50. The molecule has 1 aliphatic rings. The lowest BCUT2D eigenvalue weighted by atomic mass is 10.0. The fourth-order valence-corrected chi connectivity index (χ4v) is 3.85. The van der Waals surface area contributed by atoms with Crippen molar-refractivity contribution in [3.05, 3.63) is 33.3 Å². The van der Waals surface area contributed by atoms with E-state index < -0.39 is 5.60 Å². The molecule has 1 aromatic rings. The van der Waals surface area contributed by atoms with E-state index in [0.29, 0.717) is 17.9 Å². The molecule has 0 spiro atoms. The average Bonchev–Trinajstić information content (AvgIpc) is 2.78. The van der Waals surface area contributed by atoms with E-state index in [-0.39, 0.29) is 5.91 Å². The summed E-state index contributed by atoms with van der Waals surface area (Å²) in [4.78, 5) is 12.2. The number of aliphatic hydroxyl groups is 1. The van der Waals surface area contributed by atoms with Gasteiger partial charge in [-0.15, -0.1) is 0 Å². The molecule has 19 heavy (non-hydrogen) atoms. The summed E-state index contributed by atoms with van der Waals surface area (Å²) in [6.07, 6.45) is 0.746. The zero-order valence-corrected chi connectivity index (χ0v) is 13.5. The molecule has 1 amide bonds. The second-order valence-electron chi connectivity index (χ2n) is 5.13. The van der Waals surface area contributed by atoms with Gasteiger partial charge in [0.1, 0.15) is 0 Å². The Morgan fingerprint density at radius 1 is 1.47 bits per heavy atom. The summed E-state index contributed by atoms with van der Waals surface area (Å²) in [5.74, 6) is 1.55. The topological polar surface area (TPSA) is 49.3 Å². The standard InChI is InChI=1S/C14H18BrNO2S/c1-9-6-12(15)10(2)5-11(9)13(17)16-7-14(18)3-4-19-8-14/h5-6,18H,3-4,7-8H2,1-2H3,(H,16,17)/t14-/m1/s1. The van der Waals surface area contributed by atoms with E-state index in [2.05, 4.69) is 21.2 Å². The first-order valence-electron chi connectivity index (χ1n) is 6.26. The van der Waals surface area contributed by atoms with Crippen LogP contribution in [-0.2, 0) is 0 Å². The molecule has 2 N–H and O–H groups in total. The van der Waals surface area contributed by atoms with Gasteiger partial charge >= 0.3 is 0 Å². The minimum Gasteiger partial charge on any atom is -0.387 e. The first kappa shape index (κ1) is 14.9. The number of carbonyl (C=O) groups excluding carboxylic acids is 1. The van der Waals surface area contributed by atoms with Crippen molar-refractivity contribution in [2.75, 3.05) is 18.1 Å². The second kappa shape index (κ2) is 5.85. The number of rotatable bonds is 3. The van der Waals surface area contributed by atoms with Gasteiger partial charge in [0.15, 0.2) is 0 Å². The predicted molar refractivity (Wildman–Crippen MR) is 82.8 cm³/mol. The molecule has 0 bridgehead atoms. The van der Waals surface area contributed by atoms with Crippen LogP contribution in [0.4, 0.5) is 0 Å². The fraction of sp³-hybridized carbons (Fsp3) is 0.500. The molecule has 2 rings (SSSR count). The van der Waals surface area contributed by atoms with Crippen LogP contribution >= 0.6 is 27.7 Å². The predicted octanol–water partition coefficient (Wildman–Crippen LogP) is 2.66. The second-order valence-corrected chi connectivity index (χ2v) is 7.09. The van der Waals surface area contributed by atoms with E-state index in [1.165, 1.54) is 0 Å². The smallest absolute Gasteiger partial charge is 0.251 e. The Bertz CT molecular complexity index is 498. The zero-order chi connectivity index (χ0) is 14.0. The molecule has 1 atom stereocenters. The highest BCUT2D eigenvalue weighted by atomic mass is 79.9. The van der Waals surface area contributed by atoms with Gasteiger partial charge < -0.3 is 10.4 Å². The largest absolute Gasteiger partial charge is 0.387 e. The molecule has 0 aromatic heterocycles. The monoisotopic (exact) mass is 343 g/mol. The van der Waals surface area contributed by atoms with Crippen molar-refractivity contribution < 1.29 is 9.90 Å². The van der Waals surface area contributed by atoms with Crippen molar-refractivity contribution in [3.63, 3.8) is 0 Å². The van der Waals surface area contributed by atoms with E-state index in [9.17, 15) is 9.90 Å². The van der Waals surface area contributed by atoms with Crippen molar-refractivity contribution >= 4 is 33.6 Å². The number of hydrogen-bond acceptors (Lipinski definition) is 3. The maximum Gasteiger partial charge on any atom is 0.251 e. The SMILES string of the molecule is Cc1cc(C(=O)NC[C@]2(O)CCSC2)c(C)cc1Br. The molecule has 1 fully saturated rings. The third kappa shape index (κ3) is 3.52. The van der Waals surface area contributed by atoms with Gasteiger partial charge in [-0.1, -0.05) is 15.9 Å². The number of hydrogen-bond donors (Lipinski definition) is 2. The highest BCUT2D eigenvalue weighted by Gasteiger charge is 2.32. The molecule has 3 nitrogen and oxygen atoms in total. The van der Waals surface area contributed by atoms with Gasteiger partial charge in [-0.05, 0) is 49.3 Å². The minimum atomic E-state index is -0.737. The first-order valence-corrected chi connectivity index (χ1v) is 8.21. The highest BCUT2D eigenvalue weighted by Crippen LogP contribution is 2.27. The van der Waals surface area contributed by atoms with E-state index >= 15 is 0 Å². The van der Waals surface area contributed by atoms with Gasteiger partial charge in [-0.3, -0.25) is 4.79 Å². The van der Waals surface area contributed by atoms with Gasteiger partial charge in [0.25, 0.3) is 5.91 Å². The first-order chi connectivity index (χ1) is 8.91. The normalized spacial score (nSPS) is 22.5. The van der Waals surface area contributed by atoms with Crippen molar-refractivity contribution in [1.29, 1.82) is 0 Å². The number of thioether (sulfide) groups is 1. The van der Waals surface area contributed by atoms with E-state index in [1.807, 2.05) is 26.0 Å². The van der Waals surface area contributed by atoms with Crippen LogP contribution in [0.2, 0.25) is 0 Å². The molecule has 5 heteroatoms. The number of benzene rings is 1. The maximum absolute atomic E-state index is 12.2. The third-order valence-electron chi connectivity index (χ3n) is 3.41. The van der Waals surface area contributed by atoms with Crippen molar-refractivity contribution in [3.8, 4) is 0 Å². The molecular formula is C14H18BrNO2S. The van der Waals surface area contributed by atoms with Crippen LogP contribution in [0, 0.1) is 13.8 Å². The Labute approximate surface area is 126 Å². The summed E-state index contributed by atoms with van der Waals surface area (Å²) in [7, 11) is 0.